The van der Waals surface area contributed by atoms with E-state index in [4.69, 9.17) is 5.73 Å². The van der Waals surface area contributed by atoms with Crippen LogP contribution in [0, 0.1) is 0 Å². The van der Waals surface area contributed by atoms with E-state index >= 15 is 0 Å². The van der Waals surface area contributed by atoms with Gasteiger partial charge in [0.05, 0.1) is 5.69 Å². The molecule has 0 radical (unpaired) electrons. The molecule has 3 N–H and O–H groups in total. The molecule has 0 saturated carbocycles. The zero-order valence-corrected chi connectivity index (χ0v) is 6.18. The van der Waals surface area contributed by atoms with Gasteiger partial charge in [-0.1, -0.05) is 0 Å². The lowest BCUT2D eigenvalue weighted by Crippen LogP contribution is -2.11. The van der Waals surface area contributed by atoms with Gasteiger partial charge in [-0.2, -0.15) is 0 Å². The van der Waals surface area contributed by atoms with Gasteiger partial charge < -0.3 is 10.7 Å². The minimum Gasteiger partial charge on any atom is -0.326 e. The van der Waals surface area contributed by atoms with Gasteiger partial charge in [0.15, 0.2) is 0 Å². The van der Waals surface area contributed by atoms with E-state index in [0.29, 0.717) is 5.56 Å². The van der Waals surface area contributed by atoms with Crippen LogP contribution < -0.4 is 11.3 Å². The first-order valence-electron chi connectivity index (χ1n) is 3.35. The standard InChI is InChI=1S/C7H8F2N2O/c8-7(9)5-1-4(3-10)2-6(12)11-5/h1-2,7H,3,10H2,(H,11,12). The second-order valence-corrected chi connectivity index (χ2v) is 2.31. The molecule has 0 fully saturated rings. The molecule has 66 valence electrons. The summed E-state index contributed by atoms with van der Waals surface area (Å²) in [6.45, 7) is 0.0869. The summed E-state index contributed by atoms with van der Waals surface area (Å²) >= 11 is 0. The third kappa shape index (κ3) is 1.88. The Morgan fingerprint density at radius 2 is 2.17 bits per heavy atom. The first-order chi connectivity index (χ1) is 5.63. The molecular weight excluding hydrogens is 166 g/mol. The van der Waals surface area contributed by atoms with Crippen molar-refractivity contribution in [2.75, 3.05) is 0 Å². The fraction of sp³-hybridized carbons (Fsp3) is 0.286. The Bertz CT molecular complexity index is 321. The van der Waals surface area contributed by atoms with Crippen molar-refractivity contribution >= 4 is 0 Å². The molecule has 0 spiro atoms. The number of hydrogen-bond donors (Lipinski definition) is 2. The molecule has 12 heavy (non-hydrogen) atoms. The quantitative estimate of drug-likeness (QED) is 0.695. The number of aromatic nitrogens is 1. The Labute approximate surface area is 67.2 Å². The van der Waals surface area contributed by atoms with Crippen molar-refractivity contribution in [1.82, 2.24) is 4.98 Å². The zero-order chi connectivity index (χ0) is 9.14. The number of H-pyrrole nitrogens is 1. The molecule has 0 unspecified atom stereocenters. The average molecular weight is 174 g/mol. The fourth-order valence-corrected chi connectivity index (χ4v) is 0.860. The lowest BCUT2D eigenvalue weighted by Gasteiger charge is -2.00. The molecule has 0 bridgehead atoms. The van der Waals surface area contributed by atoms with E-state index in [1.165, 1.54) is 12.1 Å². The van der Waals surface area contributed by atoms with Crippen LogP contribution in [0.25, 0.3) is 0 Å². The first-order valence-corrected chi connectivity index (χ1v) is 3.35. The highest BCUT2D eigenvalue weighted by molar-refractivity contribution is 5.16. The van der Waals surface area contributed by atoms with Gasteiger partial charge in [-0.3, -0.25) is 4.79 Å². The van der Waals surface area contributed by atoms with E-state index in [2.05, 4.69) is 0 Å². The number of nitrogens with one attached hydrogen (secondary N) is 1. The van der Waals surface area contributed by atoms with Crippen LogP contribution in [0.4, 0.5) is 8.78 Å². The number of pyridine rings is 1. The summed E-state index contributed by atoms with van der Waals surface area (Å²) in [5.74, 6) is 0. The second kappa shape index (κ2) is 3.44. The lowest BCUT2D eigenvalue weighted by atomic mass is 10.2. The van der Waals surface area contributed by atoms with Crippen molar-refractivity contribution in [3.63, 3.8) is 0 Å². The van der Waals surface area contributed by atoms with E-state index in [1.807, 2.05) is 4.98 Å². The molecule has 1 aromatic heterocycles. The number of nitrogens with two attached hydrogens (primary N) is 1. The van der Waals surface area contributed by atoms with Crippen LogP contribution in [0.2, 0.25) is 0 Å². The minimum atomic E-state index is -2.66. The maximum atomic E-state index is 12.1. The van der Waals surface area contributed by atoms with Gasteiger partial charge in [0.1, 0.15) is 0 Å². The van der Waals surface area contributed by atoms with Crippen molar-refractivity contribution in [2.45, 2.75) is 13.0 Å². The molecule has 0 aliphatic rings. The number of aromatic amines is 1. The highest BCUT2D eigenvalue weighted by atomic mass is 19.3. The largest absolute Gasteiger partial charge is 0.326 e. The monoisotopic (exact) mass is 174 g/mol. The van der Waals surface area contributed by atoms with Crippen LogP contribution in [0.15, 0.2) is 16.9 Å². The molecule has 3 nitrogen and oxygen atoms in total. The number of rotatable bonds is 2. The van der Waals surface area contributed by atoms with Gasteiger partial charge in [0.2, 0.25) is 5.56 Å². The highest BCUT2D eigenvalue weighted by Gasteiger charge is 2.08. The summed E-state index contributed by atoms with van der Waals surface area (Å²) in [5, 5.41) is 0. The predicted octanol–water partition coefficient (Wildman–Crippen LogP) is 0.771. The molecule has 0 saturated heterocycles. The molecule has 1 rings (SSSR count). The molecule has 0 aliphatic heterocycles. The SMILES string of the molecule is NCc1cc(C(F)F)[nH]c(=O)c1. The van der Waals surface area contributed by atoms with Gasteiger partial charge in [0.25, 0.3) is 6.43 Å². The minimum absolute atomic E-state index is 0.0869. The van der Waals surface area contributed by atoms with Gasteiger partial charge in [-0.25, -0.2) is 8.78 Å². The van der Waals surface area contributed by atoms with Crippen molar-refractivity contribution in [3.05, 3.63) is 33.7 Å². The summed E-state index contributed by atoms with van der Waals surface area (Å²) in [6, 6.07) is 2.39. The topological polar surface area (TPSA) is 58.9 Å². The number of hydrogen-bond acceptors (Lipinski definition) is 2. The van der Waals surface area contributed by atoms with Crippen LogP contribution >= 0.6 is 0 Å². The van der Waals surface area contributed by atoms with E-state index in [1.54, 1.807) is 0 Å². The summed E-state index contributed by atoms with van der Waals surface area (Å²) in [7, 11) is 0. The van der Waals surface area contributed by atoms with Crippen molar-refractivity contribution < 1.29 is 8.78 Å². The molecule has 1 heterocycles. The Hall–Kier alpha value is -1.23. The Morgan fingerprint density at radius 3 is 2.67 bits per heavy atom. The van der Waals surface area contributed by atoms with Crippen molar-refractivity contribution in [3.8, 4) is 0 Å². The van der Waals surface area contributed by atoms with Crippen LogP contribution in [0.3, 0.4) is 0 Å². The second-order valence-electron chi connectivity index (χ2n) is 2.31. The van der Waals surface area contributed by atoms with Crippen LogP contribution in [-0.2, 0) is 6.54 Å². The summed E-state index contributed by atoms with van der Waals surface area (Å²) < 4.78 is 24.1. The maximum Gasteiger partial charge on any atom is 0.278 e. The third-order valence-corrected chi connectivity index (χ3v) is 1.40. The Balaban J connectivity index is 3.15. The number of alkyl halides is 2. The molecule has 1 aromatic rings. The van der Waals surface area contributed by atoms with E-state index < -0.39 is 12.0 Å². The van der Waals surface area contributed by atoms with Crippen molar-refractivity contribution in [1.29, 1.82) is 0 Å². The molecule has 0 aliphatic carbocycles. The third-order valence-electron chi connectivity index (χ3n) is 1.40. The summed E-state index contributed by atoms with van der Waals surface area (Å²) in [4.78, 5) is 12.8. The number of halogens is 2. The van der Waals surface area contributed by atoms with Gasteiger partial charge in [0, 0.05) is 12.6 Å². The van der Waals surface area contributed by atoms with Crippen LogP contribution in [0.5, 0.6) is 0 Å². The first kappa shape index (κ1) is 8.86. The van der Waals surface area contributed by atoms with E-state index in [0.717, 1.165) is 0 Å². The highest BCUT2D eigenvalue weighted by Crippen LogP contribution is 2.14. The molecule has 0 atom stereocenters. The van der Waals surface area contributed by atoms with E-state index in [-0.39, 0.29) is 12.2 Å². The summed E-state index contributed by atoms with van der Waals surface area (Å²) in [6.07, 6.45) is -2.66. The van der Waals surface area contributed by atoms with Crippen molar-refractivity contribution in [2.24, 2.45) is 5.73 Å². The summed E-state index contributed by atoms with van der Waals surface area (Å²) in [5.41, 5.74) is 4.67. The average Bonchev–Trinajstić information content (AvgIpc) is 2.03. The molecular formula is C7H8F2N2O. The fourth-order valence-electron chi connectivity index (χ4n) is 0.860. The zero-order valence-electron chi connectivity index (χ0n) is 6.18. The lowest BCUT2D eigenvalue weighted by molar-refractivity contribution is 0.145. The molecule has 5 heteroatoms. The predicted molar refractivity (Wildman–Crippen MR) is 39.9 cm³/mol. The molecule has 0 aromatic carbocycles. The van der Waals surface area contributed by atoms with Crippen LogP contribution in [-0.4, -0.2) is 4.98 Å². The van der Waals surface area contributed by atoms with Gasteiger partial charge in [-0.15, -0.1) is 0 Å². The van der Waals surface area contributed by atoms with E-state index in [9.17, 15) is 13.6 Å². The normalized spacial score (nSPS) is 10.7. The molecule has 0 amide bonds. The maximum absolute atomic E-state index is 12.1. The Morgan fingerprint density at radius 1 is 1.50 bits per heavy atom. The van der Waals surface area contributed by atoms with Crippen LogP contribution in [0.1, 0.15) is 17.7 Å². The van der Waals surface area contributed by atoms with Gasteiger partial charge >= 0.3 is 0 Å². The Kier molecular flexibility index (Phi) is 2.54. The van der Waals surface area contributed by atoms with Gasteiger partial charge in [-0.05, 0) is 11.6 Å². The smallest absolute Gasteiger partial charge is 0.278 e.